The highest BCUT2D eigenvalue weighted by Crippen LogP contribution is 2.20. The van der Waals surface area contributed by atoms with Crippen LogP contribution in [0.5, 0.6) is 5.75 Å². The van der Waals surface area contributed by atoms with Crippen molar-refractivity contribution < 1.29 is 24.2 Å². The Kier molecular flexibility index (Phi) is 4.25. The van der Waals surface area contributed by atoms with Crippen molar-refractivity contribution in [3.05, 3.63) is 29.6 Å². The third-order valence-electron chi connectivity index (χ3n) is 2.38. The second-order valence-corrected chi connectivity index (χ2v) is 4.08. The first kappa shape index (κ1) is 14.0. The topological polar surface area (TPSA) is 77.8 Å². The molecule has 0 unspecified atom stereocenters. The number of carbonyl (C=O) groups is 2. The van der Waals surface area contributed by atoms with E-state index >= 15 is 0 Å². The Balaban J connectivity index is 3.05. The average molecular weight is 255 g/mol. The van der Waals surface area contributed by atoms with Crippen LogP contribution >= 0.6 is 0 Å². The molecule has 1 aromatic carbocycles. The van der Waals surface area contributed by atoms with E-state index in [1.165, 1.54) is 0 Å². The number of phenols is 1. The van der Waals surface area contributed by atoms with E-state index in [9.17, 15) is 19.1 Å². The van der Waals surface area contributed by atoms with Gasteiger partial charge in [-0.25, -0.2) is 4.39 Å². The van der Waals surface area contributed by atoms with Crippen LogP contribution in [0.1, 0.15) is 24.2 Å². The molecule has 0 saturated heterocycles. The van der Waals surface area contributed by atoms with E-state index in [-0.39, 0.29) is 11.6 Å². The summed E-state index contributed by atoms with van der Waals surface area (Å²) in [6.07, 6.45) is 0. The van der Waals surface area contributed by atoms with E-state index in [2.05, 4.69) is 0 Å². The number of aliphatic carboxylic acids is 1. The fraction of sp³-hybridized carbons (Fsp3) is 0.333. The molecule has 0 saturated carbocycles. The Morgan fingerprint density at radius 3 is 2.44 bits per heavy atom. The summed E-state index contributed by atoms with van der Waals surface area (Å²) >= 11 is 0. The molecule has 0 heterocycles. The molecule has 1 aromatic rings. The molecule has 0 aliphatic carbocycles. The maximum absolute atomic E-state index is 12.8. The van der Waals surface area contributed by atoms with Crippen LogP contribution in [0, 0.1) is 5.82 Å². The molecule has 0 aromatic heterocycles. The van der Waals surface area contributed by atoms with Crippen LogP contribution in [0.4, 0.5) is 4.39 Å². The highest BCUT2D eigenvalue weighted by atomic mass is 19.1. The molecular weight excluding hydrogens is 241 g/mol. The fourth-order valence-electron chi connectivity index (χ4n) is 1.47. The van der Waals surface area contributed by atoms with Crippen molar-refractivity contribution in [3.8, 4) is 5.75 Å². The third-order valence-corrected chi connectivity index (χ3v) is 2.38. The van der Waals surface area contributed by atoms with Gasteiger partial charge >= 0.3 is 5.97 Å². The van der Waals surface area contributed by atoms with E-state index < -0.39 is 30.0 Å². The molecule has 18 heavy (non-hydrogen) atoms. The molecule has 98 valence electrons. The lowest BCUT2D eigenvalue weighted by Crippen LogP contribution is -2.40. The molecule has 0 atom stereocenters. The van der Waals surface area contributed by atoms with Crippen LogP contribution in [0.25, 0.3) is 0 Å². The summed E-state index contributed by atoms with van der Waals surface area (Å²) in [4.78, 5) is 23.8. The molecular formula is C12H14FNO4. The van der Waals surface area contributed by atoms with Gasteiger partial charge in [0.15, 0.2) is 0 Å². The number of carboxylic acid groups (broad SMARTS) is 1. The van der Waals surface area contributed by atoms with E-state index in [4.69, 9.17) is 5.11 Å². The maximum Gasteiger partial charge on any atom is 0.323 e. The van der Waals surface area contributed by atoms with Gasteiger partial charge in [0.05, 0.1) is 5.56 Å². The van der Waals surface area contributed by atoms with Crippen molar-refractivity contribution in [2.75, 3.05) is 6.54 Å². The van der Waals surface area contributed by atoms with Crippen molar-refractivity contribution in [3.63, 3.8) is 0 Å². The van der Waals surface area contributed by atoms with Gasteiger partial charge in [-0.1, -0.05) is 0 Å². The van der Waals surface area contributed by atoms with Gasteiger partial charge in [-0.2, -0.15) is 0 Å². The smallest absolute Gasteiger partial charge is 0.323 e. The number of phenolic OH excluding ortho intramolecular Hbond substituents is 1. The molecule has 1 amide bonds. The first-order chi connectivity index (χ1) is 8.32. The first-order valence-corrected chi connectivity index (χ1v) is 5.34. The second-order valence-electron chi connectivity index (χ2n) is 4.08. The largest absolute Gasteiger partial charge is 0.507 e. The van der Waals surface area contributed by atoms with Crippen molar-refractivity contribution in [1.82, 2.24) is 4.90 Å². The summed E-state index contributed by atoms with van der Waals surface area (Å²) in [6.45, 7) is 2.83. The zero-order valence-electron chi connectivity index (χ0n) is 10.1. The molecule has 2 N–H and O–H groups in total. The van der Waals surface area contributed by atoms with Gasteiger partial charge in [0.2, 0.25) is 0 Å². The normalized spacial score (nSPS) is 10.4. The van der Waals surface area contributed by atoms with Crippen molar-refractivity contribution in [2.24, 2.45) is 0 Å². The Morgan fingerprint density at radius 1 is 1.39 bits per heavy atom. The quantitative estimate of drug-likeness (QED) is 0.854. The molecule has 0 radical (unpaired) electrons. The van der Waals surface area contributed by atoms with Gasteiger partial charge < -0.3 is 15.1 Å². The Hall–Kier alpha value is -2.11. The standard InChI is InChI=1S/C12H14FNO4/c1-7(2)14(6-11(16)17)12(18)9-4-3-8(13)5-10(9)15/h3-5,7,15H,6H2,1-2H3,(H,16,17). The second kappa shape index (κ2) is 5.48. The lowest BCUT2D eigenvalue weighted by atomic mass is 10.1. The number of carboxylic acids is 1. The summed E-state index contributed by atoms with van der Waals surface area (Å²) in [7, 11) is 0. The minimum Gasteiger partial charge on any atom is -0.507 e. The number of nitrogens with zero attached hydrogens (tertiary/aromatic N) is 1. The number of rotatable bonds is 4. The first-order valence-electron chi connectivity index (χ1n) is 5.34. The molecule has 0 aliphatic rings. The lowest BCUT2D eigenvalue weighted by molar-refractivity contribution is -0.138. The number of amides is 1. The van der Waals surface area contributed by atoms with Crippen LogP contribution < -0.4 is 0 Å². The number of benzene rings is 1. The number of aromatic hydroxyl groups is 1. The summed E-state index contributed by atoms with van der Waals surface area (Å²) in [5.41, 5.74) is -0.119. The van der Waals surface area contributed by atoms with Crippen LogP contribution in [-0.4, -0.2) is 39.6 Å². The Morgan fingerprint density at radius 2 is 2.00 bits per heavy atom. The molecule has 6 heteroatoms. The monoisotopic (exact) mass is 255 g/mol. The summed E-state index contributed by atoms with van der Waals surface area (Å²) in [5.74, 6) is -2.97. The van der Waals surface area contributed by atoms with Crippen LogP contribution in [-0.2, 0) is 4.79 Å². The predicted octanol–water partition coefficient (Wildman–Crippen LogP) is 1.47. The molecule has 5 nitrogen and oxygen atoms in total. The van der Waals surface area contributed by atoms with Gasteiger partial charge in [-0.15, -0.1) is 0 Å². The summed E-state index contributed by atoms with van der Waals surface area (Å²) in [5, 5.41) is 18.2. The fourth-order valence-corrected chi connectivity index (χ4v) is 1.47. The van der Waals surface area contributed by atoms with Crippen LogP contribution in [0.15, 0.2) is 18.2 Å². The highest BCUT2D eigenvalue weighted by molar-refractivity contribution is 5.98. The van der Waals surface area contributed by atoms with Crippen LogP contribution in [0.2, 0.25) is 0 Å². The SMILES string of the molecule is CC(C)N(CC(=O)O)C(=O)c1ccc(F)cc1O. The molecule has 0 spiro atoms. The van der Waals surface area contributed by atoms with Gasteiger partial charge in [0.25, 0.3) is 5.91 Å². The lowest BCUT2D eigenvalue weighted by Gasteiger charge is -2.25. The van der Waals surface area contributed by atoms with E-state index in [1.54, 1.807) is 13.8 Å². The number of halogens is 1. The van der Waals surface area contributed by atoms with Crippen LogP contribution in [0.3, 0.4) is 0 Å². The predicted molar refractivity (Wildman–Crippen MR) is 61.9 cm³/mol. The number of hydrogen-bond acceptors (Lipinski definition) is 3. The maximum atomic E-state index is 12.8. The molecule has 0 fully saturated rings. The summed E-state index contributed by atoms with van der Waals surface area (Å²) < 4.78 is 12.8. The minimum atomic E-state index is -1.15. The van der Waals surface area contributed by atoms with E-state index in [0.29, 0.717) is 0 Å². The van der Waals surface area contributed by atoms with Gasteiger partial charge in [-0.3, -0.25) is 9.59 Å². The highest BCUT2D eigenvalue weighted by Gasteiger charge is 2.23. The third kappa shape index (κ3) is 3.19. The van der Waals surface area contributed by atoms with E-state index in [1.807, 2.05) is 0 Å². The van der Waals surface area contributed by atoms with Crippen molar-refractivity contribution >= 4 is 11.9 Å². The Bertz CT molecular complexity index is 473. The number of carbonyl (C=O) groups excluding carboxylic acids is 1. The average Bonchev–Trinajstić information content (AvgIpc) is 2.24. The molecule has 0 bridgehead atoms. The summed E-state index contributed by atoms with van der Waals surface area (Å²) in [6, 6.07) is 2.63. The van der Waals surface area contributed by atoms with E-state index in [0.717, 1.165) is 23.1 Å². The van der Waals surface area contributed by atoms with Crippen molar-refractivity contribution in [1.29, 1.82) is 0 Å². The molecule has 0 aliphatic heterocycles. The molecule has 1 rings (SSSR count). The van der Waals surface area contributed by atoms with Gasteiger partial charge in [0.1, 0.15) is 18.1 Å². The Labute approximate surface area is 103 Å². The van der Waals surface area contributed by atoms with Gasteiger partial charge in [-0.05, 0) is 26.0 Å². The van der Waals surface area contributed by atoms with Gasteiger partial charge in [0, 0.05) is 12.1 Å². The minimum absolute atomic E-state index is 0.119. The van der Waals surface area contributed by atoms with Crippen molar-refractivity contribution in [2.45, 2.75) is 19.9 Å². The zero-order chi connectivity index (χ0) is 13.9. The number of hydrogen-bond donors (Lipinski definition) is 2. The zero-order valence-corrected chi connectivity index (χ0v) is 10.1.